The van der Waals surface area contributed by atoms with Crippen molar-refractivity contribution in [1.82, 2.24) is 20.1 Å². The zero-order chi connectivity index (χ0) is 22.5. The Balaban J connectivity index is 1.36. The number of methoxy groups -OCH3 is 2. The molecule has 1 aliphatic rings. The minimum absolute atomic E-state index is 0.132. The van der Waals surface area contributed by atoms with Crippen LogP contribution in [0, 0.1) is 5.92 Å². The highest BCUT2D eigenvalue weighted by molar-refractivity contribution is 5.97. The van der Waals surface area contributed by atoms with Crippen LogP contribution in [-0.2, 0) is 7.05 Å². The summed E-state index contributed by atoms with van der Waals surface area (Å²) in [6.45, 7) is 0.658. The van der Waals surface area contributed by atoms with E-state index in [0.717, 1.165) is 31.2 Å². The van der Waals surface area contributed by atoms with Crippen LogP contribution in [-0.4, -0.2) is 41.4 Å². The molecule has 0 unspecified atom stereocenters. The van der Waals surface area contributed by atoms with Gasteiger partial charge in [-0.25, -0.2) is 0 Å². The Hall–Kier alpha value is -3.35. The Labute approximate surface area is 188 Å². The van der Waals surface area contributed by atoms with Gasteiger partial charge in [-0.15, -0.1) is 0 Å². The highest BCUT2D eigenvalue weighted by atomic mass is 16.5. The summed E-state index contributed by atoms with van der Waals surface area (Å²) in [7, 11) is 5.09. The van der Waals surface area contributed by atoms with Crippen molar-refractivity contribution in [3.05, 3.63) is 60.2 Å². The lowest BCUT2D eigenvalue weighted by Gasteiger charge is -2.28. The molecule has 0 atom stereocenters. The lowest BCUT2D eigenvalue weighted by molar-refractivity contribution is 0.0939. The van der Waals surface area contributed by atoms with E-state index >= 15 is 0 Å². The van der Waals surface area contributed by atoms with Crippen molar-refractivity contribution < 1.29 is 14.3 Å². The number of benzene rings is 1. The topological polar surface area (TPSA) is 78.3 Å². The first-order chi connectivity index (χ1) is 15.6. The molecule has 7 nitrogen and oxygen atoms in total. The highest BCUT2D eigenvalue weighted by Crippen LogP contribution is 2.39. The van der Waals surface area contributed by atoms with Crippen LogP contribution >= 0.6 is 0 Å². The summed E-state index contributed by atoms with van der Waals surface area (Å²) in [6, 6.07) is 9.42. The van der Waals surface area contributed by atoms with Gasteiger partial charge in [0.1, 0.15) is 0 Å². The van der Waals surface area contributed by atoms with Crippen LogP contribution in [0.1, 0.15) is 47.7 Å². The fourth-order valence-electron chi connectivity index (χ4n) is 4.60. The maximum absolute atomic E-state index is 12.8. The van der Waals surface area contributed by atoms with E-state index in [4.69, 9.17) is 14.6 Å². The molecule has 0 saturated heterocycles. The van der Waals surface area contributed by atoms with Gasteiger partial charge in [-0.05, 0) is 61.4 Å². The quantitative estimate of drug-likeness (QED) is 0.603. The molecule has 1 fully saturated rings. The van der Waals surface area contributed by atoms with E-state index in [1.165, 1.54) is 11.3 Å². The number of amides is 1. The second-order valence-electron chi connectivity index (χ2n) is 8.31. The number of rotatable bonds is 7. The molecule has 168 valence electrons. The maximum atomic E-state index is 12.8. The van der Waals surface area contributed by atoms with Crippen LogP contribution < -0.4 is 14.8 Å². The molecule has 0 aliphatic heterocycles. The number of aryl methyl sites for hydroxylation is 1. The number of aromatic nitrogens is 3. The van der Waals surface area contributed by atoms with Gasteiger partial charge < -0.3 is 14.8 Å². The Morgan fingerprint density at radius 3 is 2.53 bits per heavy atom. The average molecular weight is 435 g/mol. The van der Waals surface area contributed by atoms with E-state index in [1.807, 2.05) is 36.3 Å². The van der Waals surface area contributed by atoms with Gasteiger partial charge in [0.05, 0.1) is 25.5 Å². The Morgan fingerprint density at radius 2 is 1.84 bits per heavy atom. The van der Waals surface area contributed by atoms with Crippen molar-refractivity contribution in [3.8, 4) is 22.6 Å². The third-order valence-corrected chi connectivity index (χ3v) is 6.28. The second kappa shape index (κ2) is 9.85. The summed E-state index contributed by atoms with van der Waals surface area (Å²) < 4.78 is 12.6. The van der Waals surface area contributed by atoms with E-state index in [1.54, 1.807) is 32.4 Å². The minimum atomic E-state index is -0.132. The lowest BCUT2D eigenvalue weighted by atomic mass is 9.79. The standard InChI is InChI=1S/C25H30N4O3/c1-29-16-21(18-11-13-26-14-12-18)23(28-29)19-9-7-17(8-10-19)15-27-25(30)20-5-4-6-22(31-2)24(20)32-3/h4-6,11-14,16-17,19H,7-10,15H2,1-3H3,(H,27,30). The molecule has 0 radical (unpaired) electrons. The smallest absolute Gasteiger partial charge is 0.255 e. The van der Waals surface area contributed by atoms with Gasteiger partial charge >= 0.3 is 0 Å². The fourth-order valence-corrected chi connectivity index (χ4v) is 4.60. The van der Waals surface area contributed by atoms with Crippen LogP contribution in [0.25, 0.3) is 11.1 Å². The van der Waals surface area contributed by atoms with Crippen LogP contribution in [0.4, 0.5) is 0 Å². The number of pyridine rings is 1. The molecule has 1 saturated carbocycles. The van der Waals surface area contributed by atoms with E-state index in [9.17, 15) is 4.79 Å². The van der Waals surface area contributed by atoms with Gasteiger partial charge in [-0.1, -0.05) is 6.07 Å². The predicted octanol–water partition coefficient (Wildman–Crippen LogP) is 4.20. The van der Waals surface area contributed by atoms with Crippen molar-refractivity contribution in [2.75, 3.05) is 20.8 Å². The number of nitrogens with zero attached hydrogens (tertiary/aromatic N) is 3. The molecule has 0 bridgehead atoms. The summed E-state index contributed by atoms with van der Waals surface area (Å²) in [5.41, 5.74) is 4.01. The van der Waals surface area contributed by atoms with E-state index in [0.29, 0.717) is 35.4 Å². The molecule has 1 aliphatic carbocycles. The number of para-hydroxylation sites is 1. The summed E-state index contributed by atoms with van der Waals surface area (Å²) in [5.74, 6) is 1.79. The number of nitrogens with one attached hydrogen (secondary N) is 1. The molecule has 1 N–H and O–H groups in total. The monoisotopic (exact) mass is 434 g/mol. The first kappa shape index (κ1) is 21.9. The van der Waals surface area contributed by atoms with Gasteiger partial charge in [0.25, 0.3) is 5.91 Å². The highest BCUT2D eigenvalue weighted by Gasteiger charge is 2.27. The first-order valence-corrected chi connectivity index (χ1v) is 11.0. The SMILES string of the molecule is COc1cccc(C(=O)NCC2CCC(c3nn(C)cc3-c3ccncc3)CC2)c1OC. The minimum Gasteiger partial charge on any atom is -0.493 e. The molecule has 0 spiro atoms. The molecule has 1 amide bonds. The molecule has 32 heavy (non-hydrogen) atoms. The summed E-state index contributed by atoms with van der Waals surface area (Å²) in [5, 5.41) is 7.88. The molecular formula is C25H30N4O3. The zero-order valence-electron chi connectivity index (χ0n) is 18.9. The van der Waals surface area contributed by atoms with Gasteiger partial charge in [0.2, 0.25) is 0 Å². The average Bonchev–Trinajstić information content (AvgIpc) is 3.24. The number of ether oxygens (including phenoxy) is 2. The van der Waals surface area contributed by atoms with Crippen molar-refractivity contribution in [1.29, 1.82) is 0 Å². The third-order valence-electron chi connectivity index (χ3n) is 6.28. The predicted molar refractivity (Wildman–Crippen MR) is 123 cm³/mol. The van der Waals surface area contributed by atoms with E-state index in [-0.39, 0.29) is 5.91 Å². The first-order valence-electron chi connectivity index (χ1n) is 11.0. The second-order valence-corrected chi connectivity index (χ2v) is 8.31. The molecule has 2 aromatic heterocycles. The summed E-state index contributed by atoms with van der Waals surface area (Å²) in [4.78, 5) is 16.9. The number of carbonyl (C=O) groups excluding carboxylic acids is 1. The van der Waals surface area contributed by atoms with Crippen LogP contribution in [0.2, 0.25) is 0 Å². The number of carbonyl (C=O) groups is 1. The normalized spacial score (nSPS) is 18.2. The molecule has 2 heterocycles. The fraction of sp³-hybridized carbons (Fsp3) is 0.400. The number of hydrogen-bond acceptors (Lipinski definition) is 5. The Morgan fingerprint density at radius 1 is 1.09 bits per heavy atom. The van der Waals surface area contributed by atoms with Crippen molar-refractivity contribution in [2.24, 2.45) is 13.0 Å². The van der Waals surface area contributed by atoms with Gasteiger partial charge in [-0.2, -0.15) is 5.10 Å². The van der Waals surface area contributed by atoms with Gasteiger partial charge in [-0.3, -0.25) is 14.5 Å². The van der Waals surface area contributed by atoms with Gasteiger partial charge in [0, 0.05) is 43.7 Å². The third kappa shape index (κ3) is 4.61. The number of hydrogen-bond donors (Lipinski definition) is 1. The zero-order valence-corrected chi connectivity index (χ0v) is 18.9. The van der Waals surface area contributed by atoms with Crippen LogP contribution in [0.5, 0.6) is 11.5 Å². The Bertz CT molecular complexity index is 1060. The summed E-state index contributed by atoms with van der Waals surface area (Å²) >= 11 is 0. The van der Waals surface area contributed by atoms with Crippen molar-refractivity contribution in [3.63, 3.8) is 0 Å². The van der Waals surface area contributed by atoms with Crippen LogP contribution in [0.15, 0.2) is 48.9 Å². The van der Waals surface area contributed by atoms with Crippen LogP contribution in [0.3, 0.4) is 0 Å². The molecule has 1 aromatic carbocycles. The Kier molecular flexibility index (Phi) is 6.73. The van der Waals surface area contributed by atoms with E-state index < -0.39 is 0 Å². The lowest BCUT2D eigenvalue weighted by Crippen LogP contribution is -2.31. The maximum Gasteiger partial charge on any atom is 0.255 e. The van der Waals surface area contributed by atoms with Crippen molar-refractivity contribution >= 4 is 5.91 Å². The van der Waals surface area contributed by atoms with E-state index in [2.05, 4.69) is 16.5 Å². The van der Waals surface area contributed by atoms with Crippen molar-refractivity contribution in [2.45, 2.75) is 31.6 Å². The van der Waals surface area contributed by atoms with Gasteiger partial charge in [0.15, 0.2) is 11.5 Å². The molecular weight excluding hydrogens is 404 g/mol. The summed E-state index contributed by atoms with van der Waals surface area (Å²) in [6.07, 6.45) is 10.00. The molecule has 7 heteroatoms. The largest absolute Gasteiger partial charge is 0.493 e. The molecule has 3 aromatic rings. The molecule has 4 rings (SSSR count).